The molecule has 1 heterocycles. The summed E-state index contributed by atoms with van der Waals surface area (Å²) in [4.78, 5) is 0. The second kappa shape index (κ2) is 10.4. The lowest BCUT2D eigenvalue weighted by atomic mass is 9.77. The van der Waals surface area contributed by atoms with Gasteiger partial charge in [-0.1, -0.05) is 24.3 Å². The summed E-state index contributed by atoms with van der Waals surface area (Å²) in [5.74, 6) is -1.76. The van der Waals surface area contributed by atoms with Crippen LogP contribution in [0, 0.1) is 17.6 Å². The van der Waals surface area contributed by atoms with Gasteiger partial charge in [0.2, 0.25) is 0 Å². The number of rotatable bonds is 7. The molecule has 1 aliphatic rings. The van der Waals surface area contributed by atoms with Crippen LogP contribution in [-0.4, -0.2) is 32.2 Å². The summed E-state index contributed by atoms with van der Waals surface area (Å²) in [7, 11) is -4.03. The molecule has 11 heteroatoms. The lowest BCUT2D eigenvalue weighted by molar-refractivity contribution is -0.274. The predicted octanol–water partition coefficient (Wildman–Crippen LogP) is 6.06. The van der Waals surface area contributed by atoms with Crippen molar-refractivity contribution in [3.63, 3.8) is 0 Å². The molecule has 1 fully saturated rings. The molecule has 4 rings (SSSR count). The van der Waals surface area contributed by atoms with E-state index < -0.39 is 34.0 Å². The standard InChI is InChI=1S/C25H23F5N2O3S/c26-20-7-3-17(4-8-20)24(18-5-9-21(27)10-6-18)19-2-1-15-32(16-19)36(33,34)31-22-11-13-23(14-12-22)35-25(28,29)30/h3-14,19,24,31H,1-2,15-16H2. The molecule has 0 radical (unpaired) electrons. The Morgan fingerprint density at radius 2 is 1.39 bits per heavy atom. The fourth-order valence-corrected chi connectivity index (χ4v) is 5.80. The van der Waals surface area contributed by atoms with Gasteiger partial charge in [0.25, 0.3) is 0 Å². The van der Waals surface area contributed by atoms with Crippen LogP contribution in [0.4, 0.5) is 27.6 Å². The van der Waals surface area contributed by atoms with Crippen molar-refractivity contribution in [3.8, 4) is 5.75 Å². The first-order valence-corrected chi connectivity index (χ1v) is 12.6. The van der Waals surface area contributed by atoms with Crippen LogP contribution < -0.4 is 9.46 Å². The highest BCUT2D eigenvalue weighted by atomic mass is 32.2. The number of alkyl halides is 3. The minimum atomic E-state index is -4.85. The van der Waals surface area contributed by atoms with E-state index >= 15 is 0 Å². The SMILES string of the molecule is O=S(=O)(Nc1ccc(OC(F)(F)F)cc1)N1CCCC(C(c2ccc(F)cc2)c2ccc(F)cc2)C1. The Bertz CT molecular complexity index is 1220. The molecule has 0 amide bonds. The van der Waals surface area contributed by atoms with E-state index in [2.05, 4.69) is 9.46 Å². The van der Waals surface area contributed by atoms with Crippen molar-refractivity contribution in [2.45, 2.75) is 25.1 Å². The van der Waals surface area contributed by atoms with E-state index in [9.17, 15) is 30.4 Å². The van der Waals surface area contributed by atoms with Gasteiger partial charge in [0.1, 0.15) is 17.4 Å². The largest absolute Gasteiger partial charge is 0.573 e. The van der Waals surface area contributed by atoms with Crippen molar-refractivity contribution in [2.24, 2.45) is 5.92 Å². The van der Waals surface area contributed by atoms with Gasteiger partial charge < -0.3 is 4.74 Å². The average molecular weight is 527 g/mol. The molecule has 0 spiro atoms. The minimum absolute atomic E-state index is 0.0836. The van der Waals surface area contributed by atoms with Crippen molar-refractivity contribution in [2.75, 3.05) is 17.8 Å². The Labute approximate surface area is 205 Å². The quantitative estimate of drug-likeness (QED) is 0.381. The fraction of sp³-hybridized carbons (Fsp3) is 0.280. The third-order valence-electron chi connectivity index (χ3n) is 6.02. The third kappa shape index (κ3) is 6.52. The van der Waals surface area contributed by atoms with Gasteiger partial charge in [-0.2, -0.15) is 12.7 Å². The highest BCUT2D eigenvalue weighted by molar-refractivity contribution is 7.90. The maximum Gasteiger partial charge on any atom is 0.573 e. The highest BCUT2D eigenvalue weighted by Crippen LogP contribution is 2.38. The number of ether oxygens (including phenoxy) is 1. The van der Waals surface area contributed by atoms with Crippen molar-refractivity contribution in [1.82, 2.24) is 4.31 Å². The van der Waals surface area contributed by atoms with Gasteiger partial charge in [-0.3, -0.25) is 4.72 Å². The number of anilines is 1. The first kappa shape index (κ1) is 25.9. The molecule has 1 aliphatic heterocycles. The lowest BCUT2D eigenvalue weighted by Crippen LogP contribution is -2.44. The number of nitrogens with one attached hydrogen (secondary N) is 1. The van der Waals surface area contributed by atoms with E-state index in [4.69, 9.17) is 0 Å². The number of nitrogens with zero attached hydrogens (tertiary/aromatic N) is 1. The molecule has 1 atom stereocenters. The molecule has 3 aromatic carbocycles. The molecule has 1 unspecified atom stereocenters. The number of piperidine rings is 1. The first-order valence-electron chi connectivity index (χ1n) is 11.1. The Hall–Kier alpha value is -3.18. The van der Waals surface area contributed by atoms with Gasteiger partial charge in [-0.25, -0.2) is 8.78 Å². The predicted molar refractivity (Wildman–Crippen MR) is 125 cm³/mol. The van der Waals surface area contributed by atoms with Crippen LogP contribution in [-0.2, 0) is 10.2 Å². The summed E-state index contributed by atoms with van der Waals surface area (Å²) in [5.41, 5.74) is 1.64. The molecular formula is C25H23F5N2O3S. The van der Waals surface area contributed by atoms with E-state index in [0.29, 0.717) is 12.8 Å². The molecule has 192 valence electrons. The first-order chi connectivity index (χ1) is 17.0. The zero-order chi connectivity index (χ0) is 25.9. The Balaban J connectivity index is 1.54. The summed E-state index contributed by atoms with van der Waals surface area (Å²) in [6.45, 7) is 0.394. The maximum absolute atomic E-state index is 13.6. The fourth-order valence-electron chi connectivity index (χ4n) is 4.48. The average Bonchev–Trinajstić information content (AvgIpc) is 2.82. The number of hydrogen-bond donors (Lipinski definition) is 1. The zero-order valence-corrected chi connectivity index (χ0v) is 19.7. The van der Waals surface area contributed by atoms with Crippen LogP contribution in [0.2, 0.25) is 0 Å². The Kier molecular flexibility index (Phi) is 7.51. The van der Waals surface area contributed by atoms with E-state index in [1.807, 2.05) is 0 Å². The van der Waals surface area contributed by atoms with Crippen molar-refractivity contribution < 1.29 is 35.1 Å². The zero-order valence-electron chi connectivity index (χ0n) is 18.9. The van der Waals surface area contributed by atoms with E-state index in [0.717, 1.165) is 23.3 Å². The van der Waals surface area contributed by atoms with Gasteiger partial charge in [0, 0.05) is 19.0 Å². The van der Waals surface area contributed by atoms with Crippen LogP contribution in [0.15, 0.2) is 72.8 Å². The summed E-state index contributed by atoms with van der Waals surface area (Å²) in [6.07, 6.45) is -3.60. The lowest BCUT2D eigenvalue weighted by Gasteiger charge is -2.37. The molecule has 36 heavy (non-hydrogen) atoms. The van der Waals surface area contributed by atoms with Crippen molar-refractivity contribution in [1.29, 1.82) is 0 Å². The summed E-state index contributed by atoms with van der Waals surface area (Å²) < 4.78 is 97.9. The number of benzene rings is 3. The van der Waals surface area contributed by atoms with E-state index in [1.54, 1.807) is 24.3 Å². The van der Waals surface area contributed by atoms with Gasteiger partial charge in [-0.05, 0) is 78.4 Å². The van der Waals surface area contributed by atoms with Crippen molar-refractivity contribution in [3.05, 3.63) is 95.6 Å². The smallest absolute Gasteiger partial charge is 0.406 e. The van der Waals surface area contributed by atoms with Crippen LogP contribution in [0.1, 0.15) is 29.9 Å². The van der Waals surface area contributed by atoms with Crippen LogP contribution in [0.5, 0.6) is 5.75 Å². The monoisotopic (exact) mass is 526 g/mol. The molecule has 1 N–H and O–H groups in total. The molecule has 0 aliphatic carbocycles. The summed E-state index contributed by atoms with van der Waals surface area (Å²) in [6, 6.07) is 16.3. The van der Waals surface area contributed by atoms with Gasteiger partial charge in [0.05, 0.1) is 5.69 Å². The molecule has 0 aromatic heterocycles. The maximum atomic E-state index is 13.6. The second-order valence-corrected chi connectivity index (χ2v) is 10.2. The van der Waals surface area contributed by atoms with Crippen LogP contribution in [0.25, 0.3) is 0 Å². The Morgan fingerprint density at radius 1 is 0.861 bits per heavy atom. The Morgan fingerprint density at radius 3 is 1.89 bits per heavy atom. The molecule has 0 bridgehead atoms. The van der Waals surface area contributed by atoms with E-state index in [1.165, 1.54) is 40.7 Å². The molecule has 5 nitrogen and oxygen atoms in total. The summed E-state index contributed by atoms with van der Waals surface area (Å²) >= 11 is 0. The third-order valence-corrected chi connectivity index (χ3v) is 7.53. The van der Waals surface area contributed by atoms with Gasteiger partial charge in [0.15, 0.2) is 0 Å². The number of hydrogen-bond acceptors (Lipinski definition) is 3. The number of halogens is 5. The highest BCUT2D eigenvalue weighted by Gasteiger charge is 2.35. The second-order valence-electron chi connectivity index (χ2n) is 8.52. The van der Waals surface area contributed by atoms with E-state index in [-0.39, 0.29) is 30.6 Å². The van der Waals surface area contributed by atoms with Crippen LogP contribution in [0.3, 0.4) is 0 Å². The van der Waals surface area contributed by atoms with Gasteiger partial charge >= 0.3 is 16.6 Å². The molecule has 1 saturated heterocycles. The minimum Gasteiger partial charge on any atom is -0.406 e. The normalized spacial score (nSPS) is 17.2. The van der Waals surface area contributed by atoms with Gasteiger partial charge in [-0.15, -0.1) is 13.2 Å². The van der Waals surface area contributed by atoms with Crippen LogP contribution >= 0.6 is 0 Å². The molecule has 3 aromatic rings. The molecule has 0 saturated carbocycles. The van der Waals surface area contributed by atoms with Crippen molar-refractivity contribution >= 4 is 15.9 Å². The topological polar surface area (TPSA) is 58.6 Å². The summed E-state index contributed by atoms with van der Waals surface area (Å²) in [5, 5.41) is 0. The molecular weight excluding hydrogens is 503 g/mol.